The molecule has 0 unspecified atom stereocenters. The standard InChI is InChI=1S/C16H16BrNO3/c1-18(8-7-15(19)21-2)16(20)13-4-3-12-10-14(17)6-5-11(12)9-13/h3-6,9-10H,7-8H2,1-2H3. The molecule has 1 amide bonds. The molecular formula is C16H16BrNO3. The summed E-state index contributed by atoms with van der Waals surface area (Å²) in [4.78, 5) is 25.0. The highest BCUT2D eigenvalue weighted by molar-refractivity contribution is 9.10. The Morgan fingerprint density at radius 3 is 2.52 bits per heavy atom. The zero-order chi connectivity index (χ0) is 15.4. The number of fused-ring (bicyclic) bond motifs is 1. The fraction of sp³-hybridized carbons (Fsp3) is 0.250. The number of halogens is 1. The van der Waals surface area contributed by atoms with Crippen LogP contribution in [-0.4, -0.2) is 37.5 Å². The average Bonchev–Trinajstić information content (AvgIpc) is 2.50. The van der Waals surface area contributed by atoms with E-state index in [1.54, 1.807) is 13.1 Å². The van der Waals surface area contributed by atoms with E-state index in [1.165, 1.54) is 12.0 Å². The number of carbonyl (C=O) groups is 2. The molecule has 0 heterocycles. The van der Waals surface area contributed by atoms with Crippen molar-refractivity contribution >= 4 is 38.6 Å². The molecule has 0 radical (unpaired) electrons. The van der Waals surface area contributed by atoms with Crippen LogP contribution in [0.15, 0.2) is 40.9 Å². The van der Waals surface area contributed by atoms with Crippen molar-refractivity contribution in [2.24, 2.45) is 0 Å². The van der Waals surface area contributed by atoms with E-state index in [2.05, 4.69) is 20.7 Å². The van der Waals surface area contributed by atoms with Crippen LogP contribution < -0.4 is 0 Å². The van der Waals surface area contributed by atoms with Crippen LogP contribution in [0.5, 0.6) is 0 Å². The van der Waals surface area contributed by atoms with Crippen molar-refractivity contribution in [2.45, 2.75) is 6.42 Å². The van der Waals surface area contributed by atoms with Gasteiger partial charge in [0.2, 0.25) is 0 Å². The zero-order valence-corrected chi connectivity index (χ0v) is 13.5. The first kappa shape index (κ1) is 15.5. The number of rotatable bonds is 4. The van der Waals surface area contributed by atoms with E-state index >= 15 is 0 Å². The Morgan fingerprint density at radius 1 is 1.14 bits per heavy atom. The summed E-state index contributed by atoms with van der Waals surface area (Å²) in [6.07, 6.45) is 0.194. The van der Waals surface area contributed by atoms with Crippen molar-refractivity contribution in [2.75, 3.05) is 20.7 Å². The van der Waals surface area contributed by atoms with Gasteiger partial charge >= 0.3 is 5.97 Å². The fourth-order valence-corrected chi connectivity index (χ4v) is 2.41. The van der Waals surface area contributed by atoms with Crippen molar-refractivity contribution < 1.29 is 14.3 Å². The second-order valence-electron chi connectivity index (χ2n) is 4.76. The molecule has 110 valence electrons. The molecule has 0 saturated carbocycles. The smallest absolute Gasteiger partial charge is 0.307 e. The lowest BCUT2D eigenvalue weighted by Crippen LogP contribution is -2.29. The topological polar surface area (TPSA) is 46.6 Å². The molecule has 2 aromatic rings. The van der Waals surface area contributed by atoms with Crippen LogP contribution in [0.4, 0.5) is 0 Å². The monoisotopic (exact) mass is 349 g/mol. The highest BCUT2D eigenvalue weighted by Gasteiger charge is 2.13. The van der Waals surface area contributed by atoms with Crippen molar-refractivity contribution in [3.05, 3.63) is 46.4 Å². The van der Waals surface area contributed by atoms with Crippen LogP contribution in [0.25, 0.3) is 10.8 Å². The summed E-state index contributed by atoms with van der Waals surface area (Å²) >= 11 is 3.43. The van der Waals surface area contributed by atoms with E-state index in [1.807, 2.05) is 30.3 Å². The molecule has 0 aliphatic carbocycles. The Kier molecular flexibility index (Phi) is 4.96. The highest BCUT2D eigenvalue weighted by atomic mass is 79.9. The molecule has 0 atom stereocenters. The molecule has 21 heavy (non-hydrogen) atoms. The minimum atomic E-state index is -0.321. The third-order valence-electron chi connectivity index (χ3n) is 3.27. The number of amides is 1. The minimum Gasteiger partial charge on any atom is -0.469 e. The lowest BCUT2D eigenvalue weighted by atomic mass is 10.1. The third-order valence-corrected chi connectivity index (χ3v) is 3.77. The zero-order valence-electron chi connectivity index (χ0n) is 11.9. The molecule has 2 aromatic carbocycles. The Balaban J connectivity index is 2.15. The van der Waals surface area contributed by atoms with Gasteiger partial charge in [-0.15, -0.1) is 0 Å². The molecule has 0 fully saturated rings. The van der Waals surface area contributed by atoms with Gasteiger partial charge in [0.05, 0.1) is 13.5 Å². The van der Waals surface area contributed by atoms with Gasteiger partial charge in [-0.2, -0.15) is 0 Å². The predicted octanol–water partition coefficient (Wildman–Crippen LogP) is 3.24. The molecule has 0 saturated heterocycles. The largest absolute Gasteiger partial charge is 0.469 e. The average molecular weight is 350 g/mol. The van der Waals surface area contributed by atoms with E-state index in [0.717, 1.165) is 15.2 Å². The van der Waals surface area contributed by atoms with E-state index in [0.29, 0.717) is 12.1 Å². The SMILES string of the molecule is COC(=O)CCN(C)C(=O)c1ccc2cc(Br)ccc2c1. The van der Waals surface area contributed by atoms with Gasteiger partial charge in [0, 0.05) is 23.6 Å². The van der Waals surface area contributed by atoms with Crippen molar-refractivity contribution in [3.63, 3.8) is 0 Å². The van der Waals surface area contributed by atoms with Crippen LogP contribution in [0.1, 0.15) is 16.8 Å². The molecule has 0 spiro atoms. The highest BCUT2D eigenvalue weighted by Crippen LogP contribution is 2.21. The molecule has 4 nitrogen and oxygen atoms in total. The maximum atomic E-state index is 12.3. The van der Waals surface area contributed by atoms with Gasteiger partial charge < -0.3 is 9.64 Å². The lowest BCUT2D eigenvalue weighted by Gasteiger charge is -2.16. The van der Waals surface area contributed by atoms with Crippen molar-refractivity contribution in [3.8, 4) is 0 Å². The van der Waals surface area contributed by atoms with Gasteiger partial charge in [0.1, 0.15) is 0 Å². The Hall–Kier alpha value is -1.88. The molecule has 0 aliphatic rings. The molecule has 2 rings (SSSR count). The number of methoxy groups -OCH3 is 1. The number of ether oxygens (including phenoxy) is 1. The summed E-state index contributed by atoms with van der Waals surface area (Å²) in [7, 11) is 3.02. The van der Waals surface area contributed by atoms with Crippen LogP contribution in [0.3, 0.4) is 0 Å². The van der Waals surface area contributed by atoms with Crippen LogP contribution in [-0.2, 0) is 9.53 Å². The van der Waals surface area contributed by atoms with Gasteiger partial charge in [0.25, 0.3) is 5.91 Å². The molecule has 0 bridgehead atoms. The number of hydrogen-bond donors (Lipinski definition) is 0. The van der Waals surface area contributed by atoms with E-state index in [-0.39, 0.29) is 18.3 Å². The van der Waals surface area contributed by atoms with E-state index in [9.17, 15) is 9.59 Å². The Bertz CT molecular complexity index is 684. The number of esters is 1. The summed E-state index contributed by atoms with van der Waals surface area (Å²) in [5, 5.41) is 2.07. The second-order valence-corrected chi connectivity index (χ2v) is 5.67. The van der Waals surface area contributed by atoms with Crippen molar-refractivity contribution in [1.82, 2.24) is 4.90 Å². The normalized spacial score (nSPS) is 10.4. The van der Waals surface area contributed by atoms with Gasteiger partial charge in [0.15, 0.2) is 0 Å². The van der Waals surface area contributed by atoms with E-state index < -0.39 is 0 Å². The van der Waals surface area contributed by atoms with Gasteiger partial charge in [-0.1, -0.05) is 28.1 Å². The summed E-state index contributed by atoms with van der Waals surface area (Å²) < 4.78 is 5.58. The molecule has 0 aromatic heterocycles. The lowest BCUT2D eigenvalue weighted by molar-refractivity contribution is -0.140. The van der Waals surface area contributed by atoms with Gasteiger partial charge in [-0.05, 0) is 35.0 Å². The third kappa shape index (κ3) is 3.82. The molecular weight excluding hydrogens is 334 g/mol. The van der Waals surface area contributed by atoms with Crippen LogP contribution in [0, 0.1) is 0 Å². The van der Waals surface area contributed by atoms with E-state index in [4.69, 9.17) is 0 Å². The number of carbonyl (C=O) groups excluding carboxylic acids is 2. The molecule has 0 aliphatic heterocycles. The number of hydrogen-bond acceptors (Lipinski definition) is 3. The summed E-state index contributed by atoms with van der Waals surface area (Å²) in [5.74, 6) is -0.429. The van der Waals surface area contributed by atoms with Crippen molar-refractivity contribution in [1.29, 1.82) is 0 Å². The second kappa shape index (κ2) is 6.72. The first-order valence-electron chi connectivity index (χ1n) is 6.53. The quantitative estimate of drug-likeness (QED) is 0.796. The molecule has 5 heteroatoms. The Morgan fingerprint density at radius 2 is 1.81 bits per heavy atom. The summed E-state index contributed by atoms with van der Waals surface area (Å²) in [6, 6.07) is 11.5. The number of nitrogens with zero attached hydrogens (tertiary/aromatic N) is 1. The van der Waals surface area contributed by atoms with Crippen LogP contribution >= 0.6 is 15.9 Å². The maximum Gasteiger partial charge on any atom is 0.307 e. The maximum absolute atomic E-state index is 12.3. The fourth-order valence-electron chi connectivity index (χ4n) is 2.03. The minimum absolute atomic E-state index is 0.108. The predicted molar refractivity (Wildman–Crippen MR) is 85.2 cm³/mol. The number of benzene rings is 2. The van der Waals surface area contributed by atoms with Crippen LogP contribution in [0.2, 0.25) is 0 Å². The molecule has 0 N–H and O–H groups in total. The first-order chi connectivity index (χ1) is 10.0. The Labute approximate surface area is 131 Å². The first-order valence-corrected chi connectivity index (χ1v) is 7.32. The summed E-state index contributed by atoms with van der Waals surface area (Å²) in [5.41, 5.74) is 0.609. The van der Waals surface area contributed by atoms with Gasteiger partial charge in [-0.25, -0.2) is 0 Å². The van der Waals surface area contributed by atoms with Gasteiger partial charge in [-0.3, -0.25) is 9.59 Å². The summed E-state index contributed by atoms with van der Waals surface area (Å²) in [6.45, 7) is 0.337.